The molecule has 1 aromatic rings. The van der Waals surface area contributed by atoms with E-state index >= 15 is 0 Å². The maximum absolute atomic E-state index is 6.04. The van der Waals surface area contributed by atoms with E-state index in [9.17, 15) is 0 Å². The first-order valence-corrected chi connectivity index (χ1v) is 4.97. The van der Waals surface area contributed by atoms with Gasteiger partial charge in [0.1, 0.15) is 0 Å². The Labute approximate surface area is 84.7 Å². The lowest BCUT2D eigenvalue weighted by Crippen LogP contribution is -2.47. The summed E-state index contributed by atoms with van der Waals surface area (Å²) in [6, 6.07) is -0.0153. The maximum atomic E-state index is 6.04. The van der Waals surface area contributed by atoms with Crippen molar-refractivity contribution in [2.24, 2.45) is 11.5 Å². The first-order valence-electron chi connectivity index (χ1n) is 4.97. The summed E-state index contributed by atoms with van der Waals surface area (Å²) in [6.45, 7) is 5.94. The lowest BCUT2D eigenvalue weighted by atomic mass is 9.94. The number of hydrogen-bond donors (Lipinski definition) is 2. The van der Waals surface area contributed by atoms with E-state index in [1.807, 2.05) is 20.8 Å². The van der Waals surface area contributed by atoms with Gasteiger partial charge in [0.2, 0.25) is 0 Å². The van der Waals surface area contributed by atoms with Crippen LogP contribution in [0.2, 0.25) is 0 Å². The Hall–Kier alpha value is -1.00. The van der Waals surface area contributed by atoms with Gasteiger partial charge >= 0.3 is 0 Å². The fourth-order valence-electron chi connectivity index (χ4n) is 1.64. The summed E-state index contributed by atoms with van der Waals surface area (Å²) < 4.78 is 0. The van der Waals surface area contributed by atoms with E-state index in [1.54, 1.807) is 12.4 Å². The molecule has 0 bridgehead atoms. The monoisotopic (exact) mass is 194 g/mol. The Balaban J connectivity index is 0.000000461. The molecule has 1 aromatic heterocycles. The topological polar surface area (TPSA) is 77.8 Å². The standard InChI is InChI=1S/C8H12N4.C2H6/c1-8(10)6-4-12-11-3-5(6)2-7(8)9;1-2/h3-4,7H,2,9-10H2,1H3;1-2H3/t7-,8?;/m1./s1. The van der Waals surface area contributed by atoms with Gasteiger partial charge in [-0.05, 0) is 24.5 Å². The summed E-state index contributed by atoms with van der Waals surface area (Å²) in [5.41, 5.74) is 13.6. The third-order valence-electron chi connectivity index (χ3n) is 2.60. The molecule has 1 heterocycles. The molecular formula is C10H18N4. The van der Waals surface area contributed by atoms with E-state index in [4.69, 9.17) is 11.5 Å². The van der Waals surface area contributed by atoms with Crippen molar-refractivity contribution in [1.29, 1.82) is 0 Å². The fourth-order valence-corrected chi connectivity index (χ4v) is 1.64. The Kier molecular flexibility index (Phi) is 3.18. The third kappa shape index (κ3) is 1.63. The van der Waals surface area contributed by atoms with Crippen molar-refractivity contribution in [2.45, 2.75) is 38.8 Å². The quantitative estimate of drug-likeness (QED) is 0.632. The molecule has 78 valence electrons. The predicted octanol–water partition coefficient (Wildman–Crippen LogP) is 0.560. The Morgan fingerprint density at radius 1 is 1.36 bits per heavy atom. The highest BCUT2D eigenvalue weighted by Crippen LogP contribution is 2.31. The van der Waals surface area contributed by atoms with Crippen LogP contribution in [0, 0.1) is 0 Å². The van der Waals surface area contributed by atoms with Crippen LogP contribution in [0.1, 0.15) is 31.9 Å². The molecule has 0 fully saturated rings. The number of aromatic nitrogens is 2. The van der Waals surface area contributed by atoms with Crippen LogP contribution in [0.4, 0.5) is 0 Å². The van der Waals surface area contributed by atoms with Gasteiger partial charge < -0.3 is 11.5 Å². The molecule has 0 saturated carbocycles. The van der Waals surface area contributed by atoms with Crippen LogP contribution in [0.5, 0.6) is 0 Å². The Morgan fingerprint density at radius 2 is 1.93 bits per heavy atom. The van der Waals surface area contributed by atoms with Gasteiger partial charge in [0.25, 0.3) is 0 Å². The smallest absolute Gasteiger partial charge is 0.0556 e. The van der Waals surface area contributed by atoms with E-state index in [0.29, 0.717) is 0 Å². The summed E-state index contributed by atoms with van der Waals surface area (Å²) in [4.78, 5) is 0. The average molecular weight is 194 g/mol. The van der Waals surface area contributed by atoms with E-state index in [0.717, 1.165) is 17.5 Å². The second kappa shape index (κ2) is 4.02. The van der Waals surface area contributed by atoms with Crippen LogP contribution < -0.4 is 11.5 Å². The molecule has 1 aliphatic carbocycles. The minimum absolute atomic E-state index is 0.0153. The van der Waals surface area contributed by atoms with Crippen LogP contribution in [0.25, 0.3) is 0 Å². The minimum Gasteiger partial charge on any atom is -0.326 e. The van der Waals surface area contributed by atoms with Crippen molar-refractivity contribution in [3.05, 3.63) is 23.5 Å². The molecular weight excluding hydrogens is 176 g/mol. The molecule has 2 atom stereocenters. The predicted molar refractivity (Wildman–Crippen MR) is 56.6 cm³/mol. The fraction of sp³-hybridized carbons (Fsp3) is 0.600. The first-order chi connectivity index (χ1) is 6.62. The molecule has 0 spiro atoms. The van der Waals surface area contributed by atoms with Crippen LogP contribution in [-0.2, 0) is 12.0 Å². The van der Waals surface area contributed by atoms with Crippen molar-refractivity contribution in [3.8, 4) is 0 Å². The average Bonchev–Trinajstić information content (AvgIpc) is 2.42. The van der Waals surface area contributed by atoms with Crippen molar-refractivity contribution in [2.75, 3.05) is 0 Å². The van der Waals surface area contributed by atoms with Crippen molar-refractivity contribution >= 4 is 0 Å². The van der Waals surface area contributed by atoms with Gasteiger partial charge in [-0.1, -0.05) is 13.8 Å². The van der Waals surface area contributed by atoms with Gasteiger partial charge in [0.15, 0.2) is 0 Å². The van der Waals surface area contributed by atoms with Gasteiger partial charge in [-0.2, -0.15) is 10.2 Å². The second-order valence-corrected chi connectivity index (χ2v) is 3.52. The van der Waals surface area contributed by atoms with Crippen LogP contribution >= 0.6 is 0 Å². The molecule has 0 radical (unpaired) electrons. The molecule has 1 aliphatic rings. The van der Waals surface area contributed by atoms with Gasteiger partial charge in [0.05, 0.1) is 17.9 Å². The molecule has 0 aliphatic heterocycles. The normalized spacial score (nSPS) is 29.1. The maximum Gasteiger partial charge on any atom is 0.0556 e. The highest BCUT2D eigenvalue weighted by molar-refractivity contribution is 5.36. The molecule has 4 heteroatoms. The lowest BCUT2D eigenvalue weighted by molar-refractivity contribution is 0.420. The Bertz CT molecular complexity index is 309. The first kappa shape index (κ1) is 11.1. The van der Waals surface area contributed by atoms with Crippen LogP contribution in [0.15, 0.2) is 12.4 Å². The summed E-state index contributed by atoms with van der Waals surface area (Å²) in [5.74, 6) is 0. The zero-order valence-electron chi connectivity index (χ0n) is 8.99. The molecule has 0 saturated heterocycles. The largest absolute Gasteiger partial charge is 0.326 e. The summed E-state index contributed by atoms with van der Waals surface area (Å²) in [5, 5.41) is 7.60. The SMILES string of the molecule is CC.CC1(N)c2cnncc2C[C@H]1N. The van der Waals surface area contributed by atoms with E-state index in [1.165, 1.54) is 0 Å². The molecule has 4 nitrogen and oxygen atoms in total. The van der Waals surface area contributed by atoms with Crippen LogP contribution in [0.3, 0.4) is 0 Å². The summed E-state index contributed by atoms with van der Waals surface area (Å²) in [6.07, 6.45) is 4.26. The number of fused-ring (bicyclic) bond motifs is 1. The highest BCUT2D eigenvalue weighted by atomic mass is 15.1. The zero-order chi connectivity index (χ0) is 10.8. The van der Waals surface area contributed by atoms with Gasteiger partial charge in [-0.15, -0.1) is 0 Å². The van der Waals surface area contributed by atoms with Crippen LogP contribution in [-0.4, -0.2) is 16.2 Å². The van der Waals surface area contributed by atoms with Crippen molar-refractivity contribution < 1.29 is 0 Å². The minimum atomic E-state index is -0.439. The molecule has 4 N–H and O–H groups in total. The summed E-state index contributed by atoms with van der Waals surface area (Å²) in [7, 11) is 0. The van der Waals surface area contributed by atoms with Crippen molar-refractivity contribution in [3.63, 3.8) is 0 Å². The molecule has 1 unspecified atom stereocenters. The zero-order valence-corrected chi connectivity index (χ0v) is 8.99. The van der Waals surface area contributed by atoms with E-state index in [2.05, 4.69) is 10.2 Å². The molecule has 0 aromatic carbocycles. The second-order valence-electron chi connectivity index (χ2n) is 3.52. The van der Waals surface area contributed by atoms with Gasteiger partial charge in [-0.25, -0.2) is 0 Å². The number of nitrogens with two attached hydrogens (primary N) is 2. The molecule has 14 heavy (non-hydrogen) atoms. The summed E-state index contributed by atoms with van der Waals surface area (Å²) >= 11 is 0. The van der Waals surface area contributed by atoms with Crippen molar-refractivity contribution in [1.82, 2.24) is 10.2 Å². The highest BCUT2D eigenvalue weighted by Gasteiger charge is 2.37. The molecule has 0 amide bonds. The van der Waals surface area contributed by atoms with Gasteiger partial charge in [0, 0.05) is 6.04 Å². The van der Waals surface area contributed by atoms with E-state index in [-0.39, 0.29) is 6.04 Å². The van der Waals surface area contributed by atoms with E-state index < -0.39 is 5.54 Å². The number of nitrogens with zero attached hydrogens (tertiary/aromatic N) is 2. The third-order valence-corrected chi connectivity index (χ3v) is 2.60. The molecule has 2 rings (SSSR count). The Morgan fingerprint density at radius 3 is 2.50 bits per heavy atom. The van der Waals surface area contributed by atoms with Gasteiger partial charge in [-0.3, -0.25) is 0 Å². The number of hydrogen-bond acceptors (Lipinski definition) is 4. The number of rotatable bonds is 0. The lowest BCUT2D eigenvalue weighted by Gasteiger charge is -2.24.